The summed E-state index contributed by atoms with van der Waals surface area (Å²) in [4.78, 5) is 0. The van der Waals surface area contributed by atoms with Crippen molar-refractivity contribution < 1.29 is 5.11 Å². The Bertz CT molecular complexity index is 275. The number of rotatable bonds is 2. The Kier molecular flexibility index (Phi) is 3.26. The van der Waals surface area contributed by atoms with Crippen LogP contribution in [-0.2, 0) is 0 Å². The second kappa shape index (κ2) is 4.03. The molecule has 66 valence electrons. The molecule has 1 atom stereocenters. The van der Waals surface area contributed by atoms with E-state index < -0.39 is 0 Å². The van der Waals surface area contributed by atoms with Crippen LogP contribution in [0, 0.1) is 6.92 Å². The van der Waals surface area contributed by atoms with Crippen molar-refractivity contribution in [2.75, 3.05) is 6.61 Å². The molecule has 0 aliphatic heterocycles. The molecule has 1 aromatic rings. The highest BCUT2D eigenvalue weighted by Gasteiger charge is 2.08. The summed E-state index contributed by atoms with van der Waals surface area (Å²) in [5, 5.41) is 8.86. The molecule has 0 saturated carbocycles. The summed E-state index contributed by atoms with van der Waals surface area (Å²) >= 11 is 3.43. The van der Waals surface area contributed by atoms with Crippen LogP contribution >= 0.6 is 15.9 Å². The molecule has 1 aromatic carbocycles. The Labute approximate surface area is 80.5 Å². The lowest BCUT2D eigenvalue weighted by Crippen LogP contribution is -2.15. The van der Waals surface area contributed by atoms with Crippen LogP contribution in [0.3, 0.4) is 0 Å². The van der Waals surface area contributed by atoms with Gasteiger partial charge in [0.25, 0.3) is 0 Å². The third-order valence-corrected chi connectivity index (χ3v) is 2.90. The van der Waals surface area contributed by atoms with Gasteiger partial charge in [0.05, 0.1) is 12.6 Å². The Morgan fingerprint density at radius 2 is 2.25 bits per heavy atom. The molecule has 0 saturated heterocycles. The number of aliphatic hydroxyl groups is 1. The van der Waals surface area contributed by atoms with Gasteiger partial charge in [-0.25, -0.2) is 0 Å². The van der Waals surface area contributed by atoms with E-state index in [-0.39, 0.29) is 12.6 Å². The second-order valence-corrected chi connectivity index (χ2v) is 3.56. The van der Waals surface area contributed by atoms with Crippen molar-refractivity contribution in [2.24, 2.45) is 5.73 Å². The third kappa shape index (κ3) is 1.86. The van der Waals surface area contributed by atoms with E-state index >= 15 is 0 Å². The lowest BCUT2D eigenvalue weighted by Gasteiger charge is -2.11. The van der Waals surface area contributed by atoms with Crippen LogP contribution in [0.4, 0.5) is 0 Å². The lowest BCUT2D eigenvalue weighted by molar-refractivity contribution is 0.267. The fraction of sp³-hybridized carbons (Fsp3) is 0.333. The van der Waals surface area contributed by atoms with Gasteiger partial charge < -0.3 is 10.8 Å². The van der Waals surface area contributed by atoms with Gasteiger partial charge in [0.15, 0.2) is 0 Å². The maximum absolute atomic E-state index is 8.86. The van der Waals surface area contributed by atoms with E-state index in [1.807, 2.05) is 25.1 Å². The average Bonchev–Trinajstić information content (AvgIpc) is 2.08. The van der Waals surface area contributed by atoms with Crippen molar-refractivity contribution in [1.82, 2.24) is 0 Å². The molecule has 3 N–H and O–H groups in total. The van der Waals surface area contributed by atoms with Crippen LogP contribution in [0.15, 0.2) is 22.7 Å². The first-order valence-electron chi connectivity index (χ1n) is 3.78. The van der Waals surface area contributed by atoms with E-state index in [0.717, 1.165) is 15.6 Å². The Balaban J connectivity index is 3.07. The van der Waals surface area contributed by atoms with Gasteiger partial charge in [-0.15, -0.1) is 0 Å². The van der Waals surface area contributed by atoms with E-state index in [4.69, 9.17) is 10.8 Å². The molecule has 1 rings (SSSR count). The van der Waals surface area contributed by atoms with Crippen molar-refractivity contribution >= 4 is 15.9 Å². The molecule has 1 unspecified atom stereocenters. The predicted molar refractivity (Wildman–Crippen MR) is 52.9 cm³/mol. The Hall–Kier alpha value is -0.380. The SMILES string of the molecule is Cc1cccc(C(N)CO)c1Br. The Morgan fingerprint density at radius 3 is 2.83 bits per heavy atom. The summed E-state index contributed by atoms with van der Waals surface area (Å²) in [6.45, 7) is 1.97. The van der Waals surface area contributed by atoms with Gasteiger partial charge in [-0.2, -0.15) is 0 Å². The van der Waals surface area contributed by atoms with Crippen molar-refractivity contribution in [3.05, 3.63) is 33.8 Å². The predicted octanol–water partition coefficient (Wildman–Crippen LogP) is 1.75. The molecule has 12 heavy (non-hydrogen) atoms. The molecule has 0 amide bonds. The molecule has 2 nitrogen and oxygen atoms in total. The number of benzene rings is 1. The fourth-order valence-electron chi connectivity index (χ4n) is 1.05. The molecule has 0 aliphatic rings. The van der Waals surface area contributed by atoms with Gasteiger partial charge in [-0.05, 0) is 18.1 Å². The van der Waals surface area contributed by atoms with E-state index in [9.17, 15) is 0 Å². The molecule has 0 aromatic heterocycles. The summed E-state index contributed by atoms with van der Waals surface area (Å²) in [6, 6.07) is 5.56. The largest absolute Gasteiger partial charge is 0.394 e. The maximum atomic E-state index is 8.86. The maximum Gasteiger partial charge on any atom is 0.0624 e. The average molecular weight is 230 g/mol. The lowest BCUT2D eigenvalue weighted by atomic mass is 10.1. The first-order valence-corrected chi connectivity index (χ1v) is 4.57. The second-order valence-electron chi connectivity index (χ2n) is 2.77. The van der Waals surface area contributed by atoms with Gasteiger partial charge in [-0.3, -0.25) is 0 Å². The van der Waals surface area contributed by atoms with Crippen molar-refractivity contribution in [1.29, 1.82) is 0 Å². The highest BCUT2D eigenvalue weighted by molar-refractivity contribution is 9.10. The number of aliphatic hydroxyl groups excluding tert-OH is 1. The van der Waals surface area contributed by atoms with Crippen molar-refractivity contribution in [2.45, 2.75) is 13.0 Å². The van der Waals surface area contributed by atoms with Crippen LogP contribution in [0.2, 0.25) is 0 Å². The smallest absolute Gasteiger partial charge is 0.0624 e. The van der Waals surface area contributed by atoms with Gasteiger partial charge in [0.2, 0.25) is 0 Å². The zero-order valence-corrected chi connectivity index (χ0v) is 8.51. The highest BCUT2D eigenvalue weighted by atomic mass is 79.9. The van der Waals surface area contributed by atoms with Crippen molar-refractivity contribution in [3.63, 3.8) is 0 Å². The summed E-state index contributed by atoms with van der Waals surface area (Å²) < 4.78 is 0.992. The van der Waals surface area contributed by atoms with Crippen LogP contribution in [-0.4, -0.2) is 11.7 Å². The number of nitrogens with two attached hydrogens (primary N) is 1. The molecule has 0 radical (unpaired) electrons. The van der Waals surface area contributed by atoms with Gasteiger partial charge in [0.1, 0.15) is 0 Å². The molecule has 3 heteroatoms. The minimum Gasteiger partial charge on any atom is -0.394 e. The monoisotopic (exact) mass is 229 g/mol. The third-order valence-electron chi connectivity index (χ3n) is 1.82. The van der Waals surface area contributed by atoms with Gasteiger partial charge >= 0.3 is 0 Å². The molecule has 0 spiro atoms. The number of hydrogen-bond donors (Lipinski definition) is 2. The first-order chi connectivity index (χ1) is 5.66. The molecular formula is C9H12BrNO. The molecular weight excluding hydrogens is 218 g/mol. The van der Waals surface area contributed by atoms with E-state index in [1.54, 1.807) is 0 Å². The van der Waals surface area contributed by atoms with Gasteiger partial charge in [0, 0.05) is 4.47 Å². The minimum atomic E-state index is -0.292. The molecule has 0 bridgehead atoms. The van der Waals surface area contributed by atoms with E-state index in [2.05, 4.69) is 15.9 Å². The standard InChI is InChI=1S/C9H12BrNO/c1-6-3-2-4-7(9(6)10)8(11)5-12/h2-4,8,12H,5,11H2,1H3. The zero-order chi connectivity index (χ0) is 9.14. The molecule has 0 aliphatic carbocycles. The number of aryl methyl sites for hydroxylation is 1. The molecule has 0 fully saturated rings. The zero-order valence-electron chi connectivity index (χ0n) is 6.92. The van der Waals surface area contributed by atoms with Crippen LogP contribution in [0.25, 0.3) is 0 Å². The normalized spacial score (nSPS) is 13.0. The molecule has 0 heterocycles. The summed E-state index contributed by atoms with van der Waals surface area (Å²) in [6.07, 6.45) is 0. The van der Waals surface area contributed by atoms with E-state index in [0.29, 0.717) is 0 Å². The quantitative estimate of drug-likeness (QED) is 0.812. The summed E-state index contributed by atoms with van der Waals surface area (Å²) in [7, 11) is 0. The number of hydrogen-bond acceptors (Lipinski definition) is 2. The summed E-state index contributed by atoms with van der Waals surface area (Å²) in [5.74, 6) is 0. The minimum absolute atomic E-state index is 0.0257. The van der Waals surface area contributed by atoms with Gasteiger partial charge in [-0.1, -0.05) is 34.1 Å². The van der Waals surface area contributed by atoms with Crippen molar-refractivity contribution in [3.8, 4) is 0 Å². The Morgan fingerprint density at radius 1 is 1.58 bits per heavy atom. The van der Waals surface area contributed by atoms with Crippen LogP contribution in [0.5, 0.6) is 0 Å². The fourth-order valence-corrected chi connectivity index (χ4v) is 1.61. The first kappa shape index (κ1) is 9.71. The summed E-state index contributed by atoms with van der Waals surface area (Å²) in [5.41, 5.74) is 7.78. The van der Waals surface area contributed by atoms with Crippen LogP contribution in [0.1, 0.15) is 17.2 Å². The van der Waals surface area contributed by atoms with E-state index in [1.165, 1.54) is 0 Å². The number of halogens is 1. The highest BCUT2D eigenvalue weighted by Crippen LogP contribution is 2.24. The topological polar surface area (TPSA) is 46.2 Å². The van der Waals surface area contributed by atoms with Crippen LogP contribution < -0.4 is 5.73 Å².